The van der Waals surface area contributed by atoms with Crippen molar-refractivity contribution in [3.05, 3.63) is 54.6 Å². The first-order valence-corrected chi connectivity index (χ1v) is 7.56. The highest BCUT2D eigenvalue weighted by Gasteiger charge is 2.23. The molecule has 4 rings (SSSR count). The van der Waals surface area contributed by atoms with Crippen molar-refractivity contribution in [2.75, 3.05) is 31.1 Å². The molecule has 0 unspecified atom stereocenters. The van der Waals surface area contributed by atoms with Crippen LogP contribution >= 0.6 is 0 Å². The first-order chi connectivity index (χ1) is 11.3. The maximum absolute atomic E-state index is 12.5. The molecule has 0 aromatic carbocycles. The Morgan fingerprint density at radius 2 is 1.87 bits per heavy atom. The number of pyridine rings is 1. The summed E-state index contributed by atoms with van der Waals surface area (Å²) in [6.45, 7) is 2.90. The van der Waals surface area contributed by atoms with Gasteiger partial charge in [-0.25, -0.2) is 4.98 Å². The van der Waals surface area contributed by atoms with Gasteiger partial charge in [-0.05, 0) is 18.2 Å². The second kappa shape index (κ2) is 5.68. The number of anilines is 1. The van der Waals surface area contributed by atoms with Crippen LogP contribution in [-0.4, -0.2) is 56.6 Å². The van der Waals surface area contributed by atoms with Crippen molar-refractivity contribution in [1.29, 1.82) is 0 Å². The molecular weight excluding hydrogens is 292 g/mol. The van der Waals surface area contributed by atoms with Crippen molar-refractivity contribution in [3.63, 3.8) is 0 Å². The minimum atomic E-state index is 0.0386. The highest BCUT2D eigenvalue weighted by Crippen LogP contribution is 2.17. The van der Waals surface area contributed by atoms with Gasteiger partial charge >= 0.3 is 0 Å². The zero-order valence-corrected chi connectivity index (χ0v) is 12.5. The Morgan fingerprint density at radius 1 is 1.00 bits per heavy atom. The second-order valence-electron chi connectivity index (χ2n) is 5.43. The fourth-order valence-corrected chi connectivity index (χ4v) is 2.87. The molecular formula is C16H16N6O. The number of hydrogen-bond donors (Lipinski definition) is 0. The summed E-state index contributed by atoms with van der Waals surface area (Å²) >= 11 is 0. The maximum Gasteiger partial charge on any atom is 0.255 e. The normalized spacial score (nSPS) is 15.1. The molecule has 1 aliphatic rings. The predicted octanol–water partition coefficient (Wildman–Crippen LogP) is 1.09. The molecule has 0 radical (unpaired) electrons. The van der Waals surface area contributed by atoms with Crippen LogP contribution in [0.5, 0.6) is 0 Å². The molecule has 0 bridgehead atoms. The van der Waals surface area contributed by atoms with E-state index in [9.17, 15) is 4.79 Å². The molecule has 0 aliphatic carbocycles. The fourth-order valence-electron chi connectivity index (χ4n) is 2.87. The fraction of sp³-hybridized carbons (Fsp3) is 0.250. The van der Waals surface area contributed by atoms with E-state index in [0.29, 0.717) is 18.7 Å². The van der Waals surface area contributed by atoms with Gasteiger partial charge in [-0.15, -0.1) is 0 Å². The summed E-state index contributed by atoms with van der Waals surface area (Å²) in [5.74, 6) is 1.05. The molecule has 116 valence electrons. The van der Waals surface area contributed by atoms with Crippen LogP contribution in [0.25, 0.3) is 5.65 Å². The summed E-state index contributed by atoms with van der Waals surface area (Å²) in [7, 11) is 0. The molecule has 1 amide bonds. The minimum absolute atomic E-state index is 0.0386. The lowest BCUT2D eigenvalue weighted by molar-refractivity contribution is 0.0746. The summed E-state index contributed by atoms with van der Waals surface area (Å²) in [5.41, 5.74) is 1.47. The smallest absolute Gasteiger partial charge is 0.255 e. The van der Waals surface area contributed by atoms with E-state index in [1.54, 1.807) is 36.9 Å². The molecule has 1 saturated heterocycles. The lowest BCUT2D eigenvalue weighted by atomic mass is 10.2. The van der Waals surface area contributed by atoms with Crippen LogP contribution in [0.4, 0.5) is 5.82 Å². The van der Waals surface area contributed by atoms with E-state index in [1.807, 2.05) is 21.5 Å². The molecule has 1 aliphatic heterocycles. The first kappa shape index (κ1) is 13.7. The van der Waals surface area contributed by atoms with Gasteiger partial charge < -0.3 is 9.80 Å². The molecule has 23 heavy (non-hydrogen) atoms. The van der Waals surface area contributed by atoms with Crippen molar-refractivity contribution in [2.24, 2.45) is 0 Å². The maximum atomic E-state index is 12.5. The summed E-state index contributed by atoms with van der Waals surface area (Å²) in [6.07, 6.45) is 6.83. The molecule has 7 nitrogen and oxygen atoms in total. The van der Waals surface area contributed by atoms with E-state index in [4.69, 9.17) is 0 Å². The van der Waals surface area contributed by atoms with E-state index >= 15 is 0 Å². The SMILES string of the molecule is O=C(c1cccnc1)N1CCN(c2ccnc3ccnn23)CC1. The Kier molecular flexibility index (Phi) is 3.38. The molecule has 0 spiro atoms. The van der Waals surface area contributed by atoms with Gasteiger partial charge in [-0.2, -0.15) is 9.61 Å². The largest absolute Gasteiger partial charge is 0.353 e. The number of piperazine rings is 1. The van der Waals surface area contributed by atoms with Crippen LogP contribution in [-0.2, 0) is 0 Å². The summed E-state index contributed by atoms with van der Waals surface area (Å²) < 4.78 is 1.83. The van der Waals surface area contributed by atoms with Gasteiger partial charge in [0.15, 0.2) is 5.65 Å². The number of carbonyl (C=O) groups is 1. The number of amides is 1. The number of rotatable bonds is 2. The summed E-state index contributed by atoms with van der Waals surface area (Å²) in [5, 5.41) is 4.32. The lowest BCUT2D eigenvalue weighted by Crippen LogP contribution is -2.49. The predicted molar refractivity (Wildman–Crippen MR) is 85.3 cm³/mol. The Labute approximate surface area is 133 Å². The van der Waals surface area contributed by atoms with E-state index in [1.165, 1.54) is 0 Å². The molecule has 0 saturated carbocycles. The second-order valence-corrected chi connectivity index (χ2v) is 5.43. The zero-order chi connectivity index (χ0) is 15.6. The average molecular weight is 308 g/mol. The Bertz CT molecular complexity index is 823. The van der Waals surface area contributed by atoms with Gasteiger partial charge in [0.2, 0.25) is 0 Å². The number of fused-ring (bicyclic) bond motifs is 1. The molecule has 0 N–H and O–H groups in total. The van der Waals surface area contributed by atoms with E-state index < -0.39 is 0 Å². The van der Waals surface area contributed by atoms with Crippen molar-refractivity contribution < 1.29 is 4.79 Å². The summed E-state index contributed by atoms with van der Waals surface area (Å²) in [4.78, 5) is 24.9. The third kappa shape index (κ3) is 2.50. The Balaban J connectivity index is 1.49. The topological polar surface area (TPSA) is 66.6 Å². The monoisotopic (exact) mass is 308 g/mol. The molecule has 3 aromatic rings. The number of aromatic nitrogens is 4. The van der Waals surface area contributed by atoms with E-state index in [2.05, 4.69) is 20.0 Å². The van der Waals surface area contributed by atoms with E-state index in [0.717, 1.165) is 24.6 Å². The van der Waals surface area contributed by atoms with Crippen molar-refractivity contribution in [1.82, 2.24) is 24.5 Å². The Hall–Kier alpha value is -2.96. The lowest BCUT2D eigenvalue weighted by Gasteiger charge is -2.35. The van der Waals surface area contributed by atoms with Crippen LogP contribution < -0.4 is 4.90 Å². The number of nitrogens with zero attached hydrogens (tertiary/aromatic N) is 6. The van der Waals surface area contributed by atoms with Crippen molar-refractivity contribution in [3.8, 4) is 0 Å². The Morgan fingerprint density at radius 3 is 2.65 bits per heavy atom. The van der Waals surface area contributed by atoms with Gasteiger partial charge in [-0.1, -0.05) is 0 Å². The van der Waals surface area contributed by atoms with Crippen LogP contribution in [0.1, 0.15) is 10.4 Å². The third-order valence-electron chi connectivity index (χ3n) is 4.07. The molecule has 0 atom stereocenters. The van der Waals surface area contributed by atoms with E-state index in [-0.39, 0.29) is 5.91 Å². The molecule has 7 heteroatoms. The zero-order valence-electron chi connectivity index (χ0n) is 12.5. The van der Waals surface area contributed by atoms with Gasteiger partial charge in [0.1, 0.15) is 5.82 Å². The highest BCUT2D eigenvalue weighted by atomic mass is 16.2. The first-order valence-electron chi connectivity index (χ1n) is 7.56. The molecule has 4 heterocycles. The van der Waals surface area contributed by atoms with Crippen LogP contribution in [0.3, 0.4) is 0 Å². The molecule has 1 fully saturated rings. The van der Waals surface area contributed by atoms with Gasteiger partial charge in [0.05, 0.1) is 11.8 Å². The highest BCUT2D eigenvalue weighted by molar-refractivity contribution is 5.94. The van der Waals surface area contributed by atoms with Crippen molar-refractivity contribution >= 4 is 17.4 Å². The van der Waals surface area contributed by atoms with Gasteiger partial charge in [0.25, 0.3) is 5.91 Å². The quantitative estimate of drug-likeness (QED) is 0.709. The number of hydrogen-bond acceptors (Lipinski definition) is 5. The van der Waals surface area contributed by atoms with Crippen LogP contribution in [0.15, 0.2) is 49.1 Å². The van der Waals surface area contributed by atoms with Crippen LogP contribution in [0.2, 0.25) is 0 Å². The molecule has 3 aromatic heterocycles. The van der Waals surface area contributed by atoms with Gasteiger partial charge in [0, 0.05) is 50.8 Å². The summed E-state index contributed by atoms with van der Waals surface area (Å²) in [6, 6.07) is 7.43. The average Bonchev–Trinajstić information content (AvgIpc) is 3.11. The van der Waals surface area contributed by atoms with Crippen LogP contribution in [0, 0.1) is 0 Å². The van der Waals surface area contributed by atoms with Gasteiger partial charge in [-0.3, -0.25) is 9.78 Å². The minimum Gasteiger partial charge on any atom is -0.353 e. The standard InChI is InChI=1S/C16H16N6O/c23-16(13-2-1-5-17-12-13)21-10-8-20(9-11-21)15-4-6-18-14-3-7-19-22(14)15/h1-7,12H,8-11H2. The van der Waals surface area contributed by atoms with Crippen molar-refractivity contribution in [2.45, 2.75) is 0 Å². The number of carbonyl (C=O) groups excluding carboxylic acids is 1. The third-order valence-corrected chi connectivity index (χ3v) is 4.07.